The first-order valence-corrected chi connectivity index (χ1v) is 15.9. The molecule has 0 fully saturated rings. The molecule has 220 valence electrons. The fourth-order valence-electron chi connectivity index (χ4n) is 5.62. The molecule has 0 radical (unpaired) electrons. The van der Waals surface area contributed by atoms with E-state index in [-0.39, 0.29) is 43.1 Å². The molecule has 2 aliphatic rings. The lowest BCUT2D eigenvalue weighted by Crippen LogP contribution is -2.46. The molecule has 1 N–H and O–H groups in total. The molecule has 3 aromatic rings. The molecule has 4 heterocycles. The first-order valence-electron chi connectivity index (χ1n) is 14.4. The molecule has 0 amide bonds. The number of carbonyl (C=O) groups is 1. The smallest absolute Gasteiger partial charge is 0.476 e. The molecule has 1 unspecified atom stereocenters. The molecule has 0 bridgehead atoms. The number of aromatic hydroxyl groups is 1. The van der Waals surface area contributed by atoms with Gasteiger partial charge in [-0.1, -0.05) is 40.5 Å². The molecule has 1 aromatic carbocycles. The Kier molecular flexibility index (Phi) is 8.39. The third-order valence-corrected chi connectivity index (χ3v) is 9.41. The van der Waals surface area contributed by atoms with Crippen LogP contribution in [0.5, 0.6) is 5.75 Å². The van der Waals surface area contributed by atoms with Crippen LogP contribution in [0.2, 0.25) is 0 Å². The number of benzene rings is 1. The zero-order chi connectivity index (χ0) is 29.4. The van der Waals surface area contributed by atoms with Crippen LogP contribution in [0.3, 0.4) is 0 Å². The van der Waals surface area contributed by atoms with Crippen LogP contribution < -0.4 is 5.56 Å². The summed E-state index contributed by atoms with van der Waals surface area (Å²) in [6, 6.07) is 6.76. The van der Waals surface area contributed by atoms with Gasteiger partial charge in [0.25, 0.3) is 5.56 Å². The van der Waals surface area contributed by atoms with Gasteiger partial charge in [-0.05, 0) is 55.5 Å². The number of nitrogens with zero attached hydrogens (tertiary/aromatic N) is 2. The molecule has 0 saturated heterocycles. The van der Waals surface area contributed by atoms with Gasteiger partial charge < -0.3 is 14.4 Å². The van der Waals surface area contributed by atoms with Crippen molar-refractivity contribution >= 4 is 24.7 Å². The lowest BCUT2D eigenvalue weighted by atomic mass is 9.86. The monoisotopic (exact) mass is 584 g/mol. The summed E-state index contributed by atoms with van der Waals surface area (Å²) in [6.45, 7) is 8.03. The van der Waals surface area contributed by atoms with Gasteiger partial charge in [0.2, 0.25) is 5.60 Å². The summed E-state index contributed by atoms with van der Waals surface area (Å²) in [7, 11) is -4.22. The van der Waals surface area contributed by atoms with Crippen LogP contribution in [-0.4, -0.2) is 33.8 Å². The number of hydrogen-bond acceptors (Lipinski definition) is 9. The van der Waals surface area contributed by atoms with Gasteiger partial charge in [-0.3, -0.25) is 18.4 Å². The standard InChI is InChI=1S/C30H37N2O8P/c1-5-9-13-38-41(36,39-14-10-6-2)40-30(8-4)24-16-26-27-22(17-32(26)28(34)23(24)18-37-29(30)35)20(7-3)21-15-19(33)11-12-25(21)31-27/h11-12,15-16,33H,5-10,13-14,17-18H2,1-4H3. The van der Waals surface area contributed by atoms with E-state index in [9.17, 15) is 19.3 Å². The van der Waals surface area contributed by atoms with Crippen LogP contribution in [-0.2, 0) is 52.8 Å². The van der Waals surface area contributed by atoms with E-state index in [1.165, 1.54) is 0 Å². The number of phosphoric ester groups is 1. The SMILES string of the molecule is CCCCOP(=O)(OCCCC)OC1(CC)C(=O)OCc2c1cc1n(c2=O)Cc2c-1nc1ccc(O)cc1c2CC. The molecule has 0 saturated carbocycles. The second kappa shape index (κ2) is 11.7. The second-order valence-corrected chi connectivity index (χ2v) is 12.0. The van der Waals surface area contributed by atoms with Crippen molar-refractivity contribution in [2.75, 3.05) is 13.2 Å². The number of phosphoric acid groups is 1. The van der Waals surface area contributed by atoms with Crippen molar-refractivity contribution in [2.45, 2.75) is 85.0 Å². The van der Waals surface area contributed by atoms with Crippen LogP contribution in [0, 0.1) is 0 Å². The molecule has 1 atom stereocenters. The fourth-order valence-corrected chi connectivity index (χ4v) is 7.18. The Morgan fingerprint density at radius 2 is 1.76 bits per heavy atom. The Morgan fingerprint density at radius 1 is 1.05 bits per heavy atom. The van der Waals surface area contributed by atoms with E-state index >= 15 is 0 Å². The van der Waals surface area contributed by atoms with Crippen LogP contribution in [0.25, 0.3) is 22.3 Å². The average molecular weight is 585 g/mol. The highest BCUT2D eigenvalue weighted by Crippen LogP contribution is 2.57. The molecule has 0 aliphatic carbocycles. The molecule has 2 aromatic heterocycles. The maximum Gasteiger partial charge on any atom is 0.476 e. The zero-order valence-corrected chi connectivity index (χ0v) is 24.9. The average Bonchev–Trinajstić information content (AvgIpc) is 3.32. The van der Waals surface area contributed by atoms with Gasteiger partial charge in [-0.15, -0.1) is 0 Å². The van der Waals surface area contributed by atoms with Gasteiger partial charge >= 0.3 is 13.8 Å². The van der Waals surface area contributed by atoms with Gasteiger partial charge in [0.15, 0.2) is 0 Å². The minimum absolute atomic E-state index is 0.0392. The maximum absolute atomic E-state index is 13.9. The number of aromatic nitrogens is 2. The Labute approximate surface area is 239 Å². The predicted molar refractivity (Wildman–Crippen MR) is 154 cm³/mol. The molecule has 0 spiro atoms. The van der Waals surface area contributed by atoms with E-state index < -0.39 is 19.4 Å². The summed E-state index contributed by atoms with van der Waals surface area (Å²) >= 11 is 0. The Morgan fingerprint density at radius 3 is 2.39 bits per heavy atom. The number of fused-ring (bicyclic) bond motifs is 5. The molecule has 5 rings (SSSR count). The van der Waals surface area contributed by atoms with Crippen molar-refractivity contribution in [1.29, 1.82) is 0 Å². The fraction of sp³-hybridized carbons (Fsp3) is 0.500. The van der Waals surface area contributed by atoms with Crippen molar-refractivity contribution in [3.63, 3.8) is 0 Å². The van der Waals surface area contributed by atoms with Crippen molar-refractivity contribution in [3.05, 3.63) is 56.9 Å². The number of carbonyl (C=O) groups excluding carboxylic acids is 1. The highest BCUT2D eigenvalue weighted by Gasteiger charge is 2.53. The molecular weight excluding hydrogens is 547 g/mol. The normalized spacial score (nSPS) is 17.8. The molecule has 10 nitrogen and oxygen atoms in total. The van der Waals surface area contributed by atoms with Crippen molar-refractivity contribution in [2.24, 2.45) is 0 Å². The quantitative estimate of drug-likeness (QED) is 0.119. The van der Waals surface area contributed by atoms with Crippen LogP contribution in [0.15, 0.2) is 29.1 Å². The number of phenolic OH excluding ortho intramolecular Hbond substituents is 1. The lowest BCUT2D eigenvalue weighted by molar-refractivity contribution is -0.171. The minimum atomic E-state index is -4.22. The molecule has 11 heteroatoms. The summed E-state index contributed by atoms with van der Waals surface area (Å²) in [5, 5.41) is 10.9. The van der Waals surface area contributed by atoms with E-state index in [1.807, 2.05) is 20.8 Å². The molecule has 41 heavy (non-hydrogen) atoms. The number of cyclic esters (lactones) is 1. The maximum atomic E-state index is 13.9. The summed E-state index contributed by atoms with van der Waals surface area (Å²) in [6.07, 6.45) is 3.59. The van der Waals surface area contributed by atoms with Crippen molar-refractivity contribution in [1.82, 2.24) is 9.55 Å². The van der Waals surface area contributed by atoms with Crippen LogP contribution in [0.4, 0.5) is 0 Å². The van der Waals surface area contributed by atoms with Gasteiger partial charge in [0, 0.05) is 16.5 Å². The molecule has 2 aliphatic heterocycles. The van der Waals surface area contributed by atoms with Gasteiger partial charge in [0.05, 0.1) is 42.2 Å². The summed E-state index contributed by atoms with van der Waals surface area (Å²) in [5.41, 5.74) is 2.10. The third-order valence-electron chi connectivity index (χ3n) is 7.87. The largest absolute Gasteiger partial charge is 0.508 e. The van der Waals surface area contributed by atoms with Crippen molar-refractivity contribution in [3.8, 4) is 17.1 Å². The minimum Gasteiger partial charge on any atom is -0.508 e. The Balaban J connectivity index is 1.67. The Hall–Kier alpha value is -3.04. The van der Waals surface area contributed by atoms with E-state index in [2.05, 4.69) is 0 Å². The number of hydrogen-bond donors (Lipinski definition) is 1. The highest BCUT2D eigenvalue weighted by molar-refractivity contribution is 7.48. The van der Waals surface area contributed by atoms with Gasteiger partial charge in [0.1, 0.15) is 12.4 Å². The second-order valence-electron chi connectivity index (χ2n) is 10.5. The first-order chi connectivity index (χ1) is 19.7. The number of esters is 1. The summed E-state index contributed by atoms with van der Waals surface area (Å²) in [5.74, 6) is -0.603. The van der Waals surface area contributed by atoms with E-state index in [0.29, 0.717) is 48.3 Å². The highest BCUT2D eigenvalue weighted by atomic mass is 31.2. The summed E-state index contributed by atoms with van der Waals surface area (Å²) < 4.78 is 38.5. The number of unbranched alkanes of at least 4 members (excludes halogenated alkanes) is 2. The predicted octanol–water partition coefficient (Wildman–Crippen LogP) is 6.11. The van der Waals surface area contributed by atoms with Gasteiger partial charge in [-0.2, -0.15) is 0 Å². The third kappa shape index (κ3) is 5.12. The Bertz CT molecular complexity index is 1590. The van der Waals surface area contributed by atoms with E-state index in [0.717, 1.165) is 29.4 Å². The van der Waals surface area contributed by atoms with Crippen LogP contribution >= 0.6 is 7.82 Å². The summed E-state index contributed by atoms with van der Waals surface area (Å²) in [4.78, 5) is 32.3. The zero-order valence-electron chi connectivity index (χ0n) is 24.0. The van der Waals surface area contributed by atoms with Gasteiger partial charge in [-0.25, -0.2) is 14.3 Å². The van der Waals surface area contributed by atoms with E-state index in [4.69, 9.17) is 23.3 Å². The number of pyridine rings is 2. The topological polar surface area (TPSA) is 126 Å². The van der Waals surface area contributed by atoms with Crippen LogP contribution in [0.1, 0.15) is 82.1 Å². The lowest BCUT2D eigenvalue weighted by Gasteiger charge is -2.37. The van der Waals surface area contributed by atoms with E-state index in [1.54, 1.807) is 35.8 Å². The number of phenols is 1. The first kappa shape index (κ1) is 29.5. The van der Waals surface area contributed by atoms with Crippen molar-refractivity contribution < 1.29 is 32.8 Å². The molecular formula is C30H37N2O8P. The number of aryl methyl sites for hydroxylation is 1. The number of rotatable bonds is 12. The number of ether oxygens (including phenoxy) is 1.